The van der Waals surface area contributed by atoms with Crippen molar-refractivity contribution in [2.75, 3.05) is 6.54 Å². The van der Waals surface area contributed by atoms with Crippen LogP contribution in [0, 0.1) is 0 Å². The third-order valence-electron chi connectivity index (χ3n) is 1.82. The first kappa shape index (κ1) is 10.5. The van der Waals surface area contributed by atoms with Crippen molar-refractivity contribution in [3.8, 4) is 0 Å². The molecule has 0 saturated heterocycles. The Morgan fingerprint density at radius 2 is 2.50 bits per heavy atom. The molecule has 4 nitrogen and oxygen atoms in total. The zero-order valence-corrected chi connectivity index (χ0v) is 8.53. The second-order valence-corrected chi connectivity index (χ2v) is 2.91. The standard InChI is InChI=1S/C10H15N3O/c1-3-13-8-7-12-10(13)5-4-6-11-9(2)14/h4-5,7-8H,3,6H2,1-2H3,(H,11,14). The van der Waals surface area contributed by atoms with Crippen molar-refractivity contribution < 1.29 is 4.79 Å². The van der Waals surface area contributed by atoms with Crippen LogP contribution in [-0.2, 0) is 11.3 Å². The number of amides is 1. The molecule has 4 heteroatoms. The predicted octanol–water partition coefficient (Wildman–Crippen LogP) is 1.05. The van der Waals surface area contributed by atoms with Crippen LogP contribution in [0.3, 0.4) is 0 Å². The highest BCUT2D eigenvalue weighted by atomic mass is 16.1. The van der Waals surface area contributed by atoms with Gasteiger partial charge in [0.25, 0.3) is 0 Å². The van der Waals surface area contributed by atoms with Gasteiger partial charge in [-0.25, -0.2) is 4.98 Å². The first-order chi connectivity index (χ1) is 6.74. The van der Waals surface area contributed by atoms with E-state index in [1.54, 1.807) is 6.20 Å². The maximum absolute atomic E-state index is 10.6. The first-order valence-electron chi connectivity index (χ1n) is 4.66. The van der Waals surface area contributed by atoms with Gasteiger partial charge in [-0.2, -0.15) is 0 Å². The van der Waals surface area contributed by atoms with Gasteiger partial charge in [0.05, 0.1) is 0 Å². The Morgan fingerprint density at radius 1 is 1.71 bits per heavy atom. The summed E-state index contributed by atoms with van der Waals surface area (Å²) in [6, 6.07) is 0. The summed E-state index contributed by atoms with van der Waals surface area (Å²) in [6.45, 7) is 5.01. The molecule has 0 fully saturated rings. The lowest BCUT2D eigenvalue weighted by Crippen LogP contribution is -2.19. The average molecular weight is 193 g/mol. The lowest BCUT2D eigenvalue weighted by Gasteiger charge is -1.99. The minimum atomic E-state index is -0.0199. The van der Waals surface area contributed by atoms with E-state index in [-0.39, 0.29) is 5.91 Å². The Kier molecular flexibility index (Phi) is 3.91. The van der Waals surface area contributed by atoms with Gasteiger partial charge >= 0.3 is 0 Å². The van der Waals surface area contributed by atoms with E-state index in [2.05, 4.69) is 17.2 Å². The molecule has 0 saturated carbocycles. The third-order valence-corrected chi connectivity index (χ3v) is 1.82. The van der Waals surface area contributed by atoms with Gasteiger partial charge in [0, 0.05) is 32.4 Å². The molecule has 76 valence electrons. The number of nitrogens with zero attached hydrogens (tertiary/aromatic N) is 2. The van der Waals surface area contributed by atoms with Crippen LogP contribution in [-0.4, -0.2) is 22.0 Å². The van der Waals surface area contributed by atoms with Gasteiger partial charge in [-0.15, -0.1) is 0 Å². The molecule has 0 atom stereocenters. The quantitative estimate of drug-likeness (QED) is 0.777. The summed E-state index contributed by atoms with van der Waals surface area (Å²) in [5.74, 6) is 0.895. The van der Waals surface area contributed by atoms with Crippen LogP contribution < -0.4 is 5.32 Å². The average Bonchev–Trinajstić information content (AvgIpc) is 2.59. The molecule has 1 heterocycles. The number of nitrogens with one attached hydrogen (secondary N) is 1. The maximum atomic E-state index is 10.6. The van der Waals surface area contributed by atoms with E-state index >= 15 is 0 Å². The number of imidazole rings is 1. The second kappa shape index (κ2) is 5.21. The molecule has 1 amide bonds. The molecule has 0 bridgehead atoms. The van der Waals surface area contributed by atoms with Crippen LogP contribution in [0.5, 0.6) is 0 Å². The van der Waals surface area contributed by atoms with Gasteiger partial charge in [0.1, 0.15) is 5.82 Å². The SMILES string of the molecule is CCn1ccnc1C=CCNC(C)=O. The fourth-order valence-corrected chi connectivity index (χ4v) is 1.11. The molecule has 0 aliphatic rings. The lowest BCUT2D eigenvalue weighted by molar-refractivity contribution is -0.118. The van der Waals surface area contributed by atoms with Crippen molar-refractivity contribution in [1.82, 2.24) is 14.9 Å². The highest BCUT2D eigenvalue weighted by Crippen LogP contribution is 1.99. The number of carbonyl (C=O) groups is 1. The molecule has 0 aromatic carbocycles. The zero-order valence-electron chi connectivity index (χ0n) is 8.53. The normalized spacial score (nSPS) is 10.7. The summed E-state index contributed by atoms with van der Waals surface area (Å²) < 4.78 is 2.03. The van der Waals surface area contributed by atoms with E-state index in [4.69, 9.17) is 0 Å². The molecule has 1 N–H and O–H groups in total. The second-order valence-electron chi connectivity index (χ2n) is 2.91. The molecule has 1 rings (SSSR count). The molecule has 1 aromatic rings. The minimum Gasteiger partial charge on any atom is -0.353 e. The fraction of sp³-hybridized carbons (Fsp3) is 0.400. The Morgan fingerprint density at radius 3 is 3.14 bits per heavy atom. The Hall–Kier alpha value is -1.58. The Balaban J connectivity index is 2.47. The number of rotatable bonds is 4. The predicted molar refractivity (Wildman–Crippen MR) is 55.6 cm³/mol. The zero-order chi connectivity index (χ0) is 10.4. The van der Waals surface area contributed by atoms with Crippen LogP contribution in [0.1, 0.15) is 19.7 Å². The van der Waals surface area contributed by atoms with E-state index < -0.39 is 0 Å². The van der Waals surface area contributed by atoms with E-state index in [0.29, 0.717) is 6.54 Å². The Labute approximate surface area is 83.6 Å². The summed E-state index contributed by atoms with van der Waals surface area (Å²) in [4.78, 5) is 14.7. The molecule has 0 aliphatic carbocycles. The fourth-order valence-electron chi connectivity index (χ4n) is 1.11. The van der Waals surface area contributed by atoms with Crippen molar-refractivity contribution in [2.45, 2.75) is 20.4 Å². The number of aromatic nitrogens is 2. The van der Waals surface area contributed by atoms with Crippen LogP contribution >= 0.6 is 0 Å². The molecule has 14 heavy (non-hydrogen) atoms. The first-order valence-corrected chi connectivity index (χ1v) is 4.66. The molecular weight excluding hydrogens is 178 g/mol. The number of carbonyl (C=O) groups excluding carboxylic acids is 1. The van der Waals surface area contributed by atoms with E-state index in [9.17, 15) is 4.79 Å². The molecule has 0 radical (unpaired) electrons. The summed E-state index contributed by atoms with van der Waals surface area (Å²) in [6.07, 6.45) is 7.48. The van der Waals surface area contributed by atoms with Crippen LogP contribution in [0.4, 0.5) is 0 Å². The van der Waals surface area contributed by atoms with Crippen molar-refractivity contribution >= 4 is 12.0 Å². The summed E-state index contributed by atoms with van der Waals surface area (Å²) in [7, 11) is 0. The van der Waals surface area contributed by atoms with Crippen molar-refractivity contribution in [2.24, 2.45) is 0 Å². The van der Waals surface area contributed by atoms with E-state index in [0.717, 1.165) is 12.4 Å². The van der Waals surface area contributed by atoms with Crippen LogP contribution in [0.25, 0.3) is 6.08 Å². The molecule has 1 aromatic heterocycles. The van der Waals surface area contributed by atoms with Crippen molar-refractivity contribution in [1.29, 1.82) is 0 Å². The molecule has 0 spiro atoms. The number of hydrogen-bond donors (Lipinski definition) is 1. The number of aryl methyl sites for hydroxylation is 1. The van der Waals surface area contributed by atoms with Crippen LogP contribution in [0.2, 0.25) is 0 Å². The topological polar surface area (TPSA) is 46.9 Å². The largest absolute Gasteiger partial charge is 0.353 e. The molecular formula is C10H15N3O. The molecule has 0 aliphatic heterocycles. The van der Waals surface area contributed by atoms with Crippen molar-refractivity contribution in [3.63, 3.8) is 0 Å². The monoisotopic (exact) mass is 193 g/mol. The van der Waals surface area contributed by atoms with Gasteiger partial charge in [-0.3, -0.25) is 4.79 Å². The Bertz CT molecular complexity index is 328. The van der Waals surface area contributed by atoms with Crippen LogP contribution in [0.15, 0.2) is 18.5 Å². The highest BCUT2D eigenvalue weighted by Gasteiger charge is 1.94. The third kappa shape index (κ3) is 3.05. The van der Waals surface area contributed by atoms with Gasteiger partial charge in [-0.05, 0) is 13.0 Å². The van der Waals surface area contributed by atoms with Gasteiger partial charge < -0.3 is 9.88 Å². The minimum absolute atomic E-state index is 0.0199. The maximum Gasteiger partial charge on any atom is 0.217 e. The van der Waals surface area contributed by atoms with E-state index in [1.807, 2.05) is 22.9 Å². The van der Waals surface area contributed by atoms with Gasteiger partial charge in [0.15, 0.2) is 0 Å². The number of hydrogen-bond acceptors (Lipinski definition) is 2. The summed E-state index contributed by atoms with van der Waals surface area (Å²) in [5.41, 5.74) is 0. The molecule has 0 unspecified atom stereocenters. The summed E-state index contributed by atoms with van der Waals surface area (Å²) >= 11 is 0. The van der Waals surface area contributed by atoms with Gasteiger partial charge in [0.2, 0.25) is 5.91 Å². The van der Waals surface area contributed by atoms with Crippen molar-refractivity contribution in [3.05, 3.63) is 24.3 Å². The van der Waals surface area contributed by atoms with Gasteiger partial charge in [-0.1, -0.05) is 6.08 Å². The smallest absolute Gasteiger partial charge is 0.217 e. The van der Waals surface area contributed by atoms with E-state index in [1.165, 1.54) is 6.92 Å². The highest BCUT2D eigenvalue weighted by molar-refractivity contribution is 5.73. The summed E-state index contributed by atoms with van der Waals surface area (Å²) in [5, 5.41) is 2.68. The lowest BCUT2D eigenvalue weighted by atomic mass is 10.4.